The summed E-state index contributed by atoms with van der Waals surface area (Å²) in [4.78, 5) is 12.1. The molecule has 3 aromatic carbocycles. The van der Waals surface area contributed by atoms with Crippen molar-refractivity contribution in [2.75, 3.05) is 0 Å². The Bertz CT molecular complexity index is 1300. The molecule has 0 unspecified atom stereocenters. The maximum Gasteiger partial charge on any atom is 0.299 e. The Balaban J connectivity index is 2.15. The quantitative estimate of drug-likeness (QED) is 0.172. The van der Waals surface area contributed by atoms with E-state index in [9.17, 15) is 4.79 Å². The second kappa shape index (κ2) is 11.1. The van der Waals surface area contributed by atoms with Crippen LogP contribution < -0.4 is 4.57 Å². The number of benzene rings is 3. The summed E-state index contributed by atoms with van der Waals surface area (Å²) in [6.07, 6.45) is 4.45. The molecule has 0 aliphatic heterocycles. The molecule has 0 saturated heterocycles. The molecule has 1 aromatic heterocycles. The summed E-state index contributed by atoms with van der Waals surface area (Å²) in [5, 5.41) is 0. The van der Waals surface area contributed by atoms with E-state index in [2.05, 4.69) is 125 Å². The van der Waals surface area contributed by atoms with Crippen molar-refractivity contribution in [3.63, 3.8) is 0 Å². The number of nitrogens with zero attached hydrogens (tertiary/aromatic N) is 2. The van der Waals surface area contributed by atoms with Gasteiger partial charge in [-0.3, -0.25) is 4.79 Å². The van der Waals surface area contributed by atoms with Crippen LogP contribution in [0.4, 0.5) is 0 Å². The van der Waals surface area contributed by atoms with Crippen molar-refractivity contribution in [2.45, 2.75) is 86.0 Å². The van der Waals surface area contributed by atoms with Crippen LogP contribution in [-0.4, -0.2) is 10.4 Å². The molecular formula is C35H43N2O+. The van der Waals surface area contributed by atoms with Gasteiger partial charge in [0.25, 0.3) is 5.82 Å². The monoisotopic (exact) mass is 507 g/mol. The highest BCUT2D eigenvalue weighted by molar-refractivity contribution is 5.94. The predicted octanol–water partition coefficient (Wildman–Crippen LogP) is 9.12. The second-order valence-electron chi connectivity index (χ2n) is 11.7. The van der Waals surface area contributed by atoms with E-state index < -0.39 is 0 Å². The van der Waals surface area contributed by atoms with Crippen molar-refractivity contribution >= 4 is 5.78 Å². The van der Waals surface area contributed by atoms with Gasteiger partial charge in [-0.05, 0) is 42.7 Å². The van der Waals surface area contributed by atoms with Gasteiger partial charge in [-0.1, -0.05) is 104 Å². The molecule has 4 aromatic rings. The highest BCUT2D eigenvalue weighted by atomic mass is 16.1. The van der Waals surface area contributed by atoms with Crippen LogP contribution in [0.5, 0.6) is 0 Å². The van der Waals surface area contributed by atoms with Crippen LogP contribution in [0.25, 0.3) is 22.8 Å². The van der Waals surface area contributed by atoms with Crippen LogP contribution in [-0.2, 0) is 0 Å². The Kier molecular flexibility index (Phi) is 8.06. The molecule has 0 bridgehead atoms. The largest absolute Gasteiger partial charge is 0.299 e. The predicted molar refractivity (Wildman–Crippen MR) is 159 cm³/mol. The average molecular weight is 508 g/mol. The van der Waals surface area contributed by atoms with E-state index in [1.807, 2.05) is 12.1 Å². The third kappa shape index (κ3) is 5.12. The first-order valence-electron chi connectivity index (χ1n) is 14.0. The molecule has 4 rings (SSSR count). The molecule has 38 heavy (non-hydrogen) atoms. The smallest absolute Gasteiger partial charge is 0.295 e. The van der Waals surface area contributed by atoms with Gasteiger partial charge in [-0.2, -0.15) is 9.13 Å². The van der Waals surface area contributed by atoms with Crippen molar-refractivity contribution in [3.8, 4) is 22.8 Å². The van der Waals surface area contributed by atoms with E-state index >= 15 is 0 Å². The lowest BCUT2D eigenvalue weighted by molar-refractivity contribution is -0.584. The Labute approximate surface area is 229 Å². The molecule has 0 fully saturated rings. The van der Waals surface area contributed by atoms with Crippen LogP contribution in [0.15, 0.2) is 73.1 Å². The topological polar surface area (TPSA) is 25.9 Å². The fourth-order valence-electron chi connectivity index (χ4n) is 5.46. The zero-order chi connectivity index (χ0) is 27.7. The van der Waals surface area contributed by atoms with Gasteiger partial charge >= 0.3 is 0 Å². The third-order valence-electron chi connectivity index (χ3n) is 7.54. The van der Waals surface area contributed by atoms with Crippen LogP contribution in [0.2, 0.25) is 0 Å². The fourth-order valence-corrected chi connectivity index (χ4v) is 5.46. The van der Waals surface area contributed by atoms with Crippen LogP contribution in [0.1, 0.15) is 119 Å². The summed E-state index contributed by atoms with van der Waals surface area (Å²) in [5.74, 6) is 2.69. The number of aromatic nitrogens is 2. The van der Waals surface area contributed by atoms with E-state index in [0.717, 1.165) is 17.0 Å². The van der Waals surface area contributed by atoms with Crippen molar-refractivity contribution in [2.24, 2.45) is 0 Å². The number of rotatable bonds is 8. The van der Waals surface area contributed by atoms with E-state index in [1.54, 1.807) is 6.92 Å². The number of hydrogen-bond acceptors (Lipinski definition) is 1. The van der Waals surface area contributed by atoms with Crippen LogP contribution in [0.3, 0.4) is 0 Å². The van der Waals surface area contributed by atoms with E-state index in [0.29, 0.717) is 23.7 Å². The summed E-state index contributed by atoms with van der Waals surface area (Å²) < 4.78 is 4.77. The molecule has 0 radical (unpaired) electrons. The van der Waals surface area contributed by atoms with Crippen LogP contribution in [0, 0.1) is 0 Å². The molecule has 3 nitrogen and oxygen atoms in total. The zero-order valence-corrected chi connectivity index (χ0v) is 24.5. The third-order valence-corrected chi connectivity index (χ3v) is 7.54. The van der Waals surface area contributed by atoms with E-state index in [1.165, 1.54) is 33.6 Å². The standard InChI is InChI=1S/C35H43N2O/c1-22(2)29-12-10-13-30(23(3)4)33(29)36-20-21-37(35(36)28-18-16-27(17-19-28)26(9)38)34-31(24(5)6)14-11-15-32(34)25(7)8/h10-25H,1-9H3/q+1. The fraction of sp³-hybridized carbons (Fsp3) is 0.371. The van der Waals surface area contributed by atoms with Crippen molar-refractivity contribution in [1.29, 1.82) is 0 Å². The molecule has 0 amide bonds. The van der Waals surface area contributed by atoms with Gasteiger partial charge in [-0.25, -0.2) is 0 Å². The van der Waals surface area contributed by atoms with Crippen molar-refractivity contribution in [3.05, 3.63) is 101 Å². The maximum atomic E-state index is 12.1. The number of Topliss-reactive ketones (excluding diaryl/α,β-unsaturated/α-hetero) is 1. The van der Waals surface area contributed by atoms with Gasteiger partial charge in [0.1, 0.15) is 23.8 Å². The van der Waals surface area contributed by atoms with E-state index in [-0.39, 0.29) is 5.78 Å². The van der Waals surface area contributed by atoms with Crippen molar-refractivity contribution in [1.82, 2.24) is 4.57 Å². The first kappa shape index (κ1) is 27.6. The molecule has 1 heterocycles. The molecule has 3 heteroatoms. The number of carbonyl (C=O) groups is 1. The lowest BCUT2D eigenvalue weighted by atomic mass is 9.92. The Morgan fingerprint density at radius 3 is 1.53 bits per heavy atom. The molecular weight excluding hydrogens is 464 g/mol. The van der Waals surface area contributed by atoms with Gasteiger partial charge in [0.05, 0.1) is 5.56 Å². The number of ketones is 1. The maximum absolute atomic E-state index is 12.1. The van der Waals surface area contributed by atoms with Gasteiger partial charge in [0.15, 0.2) is 5.78 Å². The minimum atomic E-state index is 0.0827. The molecule has 0 aliphatic carbocycles. The molecule has 0 spiro atoms. The summed E-state index contributed by atoms with van der Waals surface area (Å²) in [7, 11) is 0. The summed E-state index contributed by atoms with van der Waals surface area (Å²) in [6, 6.07) is 21.5. The van der Waals surface area contributed by atoms with Gasteiger partial charge < -0.3 is 0 Å². The Morgan fingerprint density at radius 1 is 0.658 bits per heavy atom. The molecule has 0 saturated carbocycles. The number of carbonyl (C=O) groups excluding carboxylic acids is 1. The number of imidazole rings is 1. The normalized spacial score (nSPS) is 11.8. The molecule has 0 aliphatic rings. The molecule has 198 valence electrons. The SMILES string of the molecule is CC(=O)c1ccc(-c2n(-c3c(C(C)C)cccc3C(C)C)cc[n+]2-c2c(C(C)C)cccc2C(C)C)cc1. The highest BCUT2D eigenvalue weighted by Gasteiger charge is 2.30. The minimum absolute atomic E-state index is 0.0827. The molecule has 0 N–H and O–H groups in total. The average Bonchev–Trinajstić information content (AvgIpc) is 3.32. The van der Waals surface area contributed by atoms with Gasteiger partial charge in [0, 0.05) is 27.8 Å². The Morgan fingerprint density at radius 2 is 1.11 bits per heavy atom. The van der Waals surface area contributed by atoms with E-state index in [4.69, 9.17) is 0 Å². The van der Waals surface area contributed by atoms with Gasteiger partial charge in [0.2, 0.25) is 0 Å². The lowest BCUT2D eigenvalue weighted by Crippen LogP contribution is -2.35. The minimum Gasteiger partial charge on any atom is -0.295 e. The van der Waals surface area contributed by atoms with Gasteiger partial charge in [-0.15, -0.1) is 0 Å². The zero-order valence-electron chi connectivity index (χ0n) is 24.5. The number of hydrogen-bond donors (Lipinski definition) is 0. The van der Waals surface area contributed by atoms with Crippen molar-refractivity contribution < 1.29 is 9.36 Å². The lowest BCUT2D eigenvalue weighted by Gasteiger charge is -2.20. The number of para-hydroxylation sites is 2. The van der Waals surface area contributed by atoms with Crippen LogP contribution >= 0.6 is 0 Å². The Hall–Kier alpha value is -3.46. The first-order chi connectivity index (χ1) is 18.0. The summed E-state index contributed by atoms with van der Waals surface area (Å²) >= 11 is 0. The summed E-state index contributed by atoms with van der Waals surface area (Å²) in [5.41, 5.74) is 9.67. The molecule has 0 atom stereocenters. The first-order valence-corrected chi connectivity index (χ1v) is 14.0. The summed E-state index contributed by atoms with van der Waals surface area (Å²) in [6.45, 7) is 19.8. The highest BCUT2D eigenvalue weighted by Crippen LogP contribution is 2.35. The second-order valence-corrected chi connectivity index (χ2v) is 11.7.